The van der Waals surface area contributed by atoms with Crippen LogP contribution in [0.2, 0.25) is 0 Å². The molecule has 0 fully saturated rings. The highest BCUT2D eigenvalue weighted by molar-refractivity contribution is 9.10. The molecule has 4 nitrogen and oxygen atoms in total. The molecule has 104 valence electrons. The first-order valence-corrected chi connectivity index (χ1v) is 7.07. The van der Waals surface area contributed by atoms with Gasteiger partial charge in [0.25, 0.3) is 0 Å². The van der Waals surface area contributed by atoms with Crippen LogP contribution in [0.4, 0.5) is 5.69 Å². The van der Waals surface area contributed by atoms with E-state index in [1.807, 2.05) is 54.6 Å². The quantitative estimate of drug-likeness (QED) is 0.709. The molecule has 3 aromatic rings. The number of rotatable bonds is 3. The Hall–Kier alpha value is -2.40. The molecular formula is C16H11BrN2O2. The molecule has 1 aromatic heterocycles. The molecule has 21 heavy (non-hydrogen) atoms. The average molecular weight is 343 g/mol. The van der Waals surface area contributed by atoms with E-state index >= 15 is 0 Å². The zero-order valence-corrected chi connectivity index (χ0v) is 12.5. The van der Waals surface area contributed by atoms with E-state index in [1.54, 1.807) is 0 Å². The maximum atomic E-state index is 9.83. The standard InChI is InChI=1S/C16H11BrN2O2/c17-13-9-5-4-8-12(13)15-19-14(16(20)21-15)10-18-11-6-2-1-3-7-11/h1-10,20H. The molecule has 0 unspecified atom stereocenters. The Morgan fingerprint density at radius 1 is 1.05 bits per heavy atom. The van der Waals surface area contributed by atoms with Crippen molar-refractivity contribution in [3.05, 3.63) is 64.8 Å². The van der Waals surface area contributed by atoms with Crippen LogP contribution in [0.1, 0.15) is 5.69 Å². The summed E-state index contributed by atoms with van der Waals surface area (Å²) in [6, 6.07) is 16.9. The molecule has 1 N–H and O–H groups in total. The molecule has 0 bridgehead atoms. The Morgan fingerprint density at radius 2 is 1.76 bits per heavy atom. The summed E-state index contributed by atoms with van der Waals surface area (Å²) in [5, 5.41) is 9.83. The number of aliphatic imine (C=N–C) groups is 1. The van der Waals surface area contributed by atoms with E-state index < -0.39 is 0 Å². The van der Waals surface area contributed by atoms with Crippen molar-refractivity contribution in [2.24, 2.45) is 4.99 Å². The number of para-hydroxylation sites is 1. The highest BCUT2D eigenvalue weighted by Gasteiger charge is 2.14. The summed E-state index contributed by atoms with van der Waals surface area (Å²) in [4.78, 5) is 8.51. The Balaban J connectivity index is 1.92. The Morgan fingerprint density at radius 3 is 2.52 bits per heavy atom. The van der Waals surface area contributed by atoms with Crippen molar-refractivity contribution in [2.75, 3.05) is 0 Å². The van der Waals surface area contributed by atoms with Gasteiger partial charge >= 0.3 is 5.95 Å². The van der Waals surface area contributed by atoms with Crippen LogP contribution in [-0.4, -0.2) is 16.3 Å². The molecule has 0 saturated heterocycles. The summed E-state index contributed by atoms with van der Waals surface area (Å²) >= 11 is 3.43. The maximum Gasteiger partial charge on any atom is 0.312 e. The average Bonchev–Trinajstić information content (AvgIpc) is 2.88. The smallest absolute Gasteiger partial charge is 0.312 e. The van der Waals surface area contributed by atoms with Gasteiger partial charge in [-0.05, 0) is 40.2 Å². The summed E-state index contributed by atoms with van der Waals surface area (Å²) in [5.41, 5.74) is 1.85. The third kappa shape index (κ3) is 3.03. The van der Waals surface area contributed by atoms with Gasteiger partial charge in [0, 0.05) is 4.47 Å². The van der Waals surface area contributed by atoms with Gasteiger partial charge in [0.05, 0.1) is 17.5 Å². The predicted octanol–water partition coefficient (Wildman–Crippen LogP) is 4.56. The number of aromatic hydroxyl groups is 1. The van der Waals surface area contributed by atoms with Gasteiger partial charge in [-0.1, -0.05) is 30.3 Å². The van der Waals surface area contributed by atoms with Gasteiger partial charge in [0.2, 0.25) is 5.89 Å². The van der Waals surface area contributed by atoms with E-state index in [4.69, 9.17) is 4.42 Å². The van der Waals surface area contributed by atoms with Gasteiger partial charge < -0.3 is 9.52 Å². The fourth-order valence-electron chi connectivity index (χ4n) is 1.81. The first kappa shape index (κ1) is 13.6. The lowest BCUT2D eigenvalue weighted by atomic mass is 10.2. The van der Waals surface area contributed by atoms with E-state index in [0.717, 1.165) is 15.7 Å². The van der Waals surface area contributed by atoms with Gasteiger partial charge in [0.1, 0.15) is 0 Å². The normalized spacial score (nSPS) is 11.1. The fourth-order valence-corrected chi connectivity index (χ4v) is 2.26. The minimum atomic E-state index is -0.250. The molecule has 0 saturated carbocycles. The van der Waals surface area contributed by atoms with Crippen LogP contribution in [0.25, 0.3) is 11.5 Å². The van der Waals surface area contributed by atoms with Crippen LogP contribution >= 0.6 is 15.9 Å². The molecule has 0 aliphatic carbocycles. The van der Waals surface area contributed by atoms with Crippen molar-refractivity contribution < 1.29 is 9.52 Å². The van der Waals surface area contributed by atoms with Gasteiger partial charge in [-0.2, -0.15) is 0 Å². The molecule has 2 aromatic carbocycles. The molecule has 0 aliphatic rings. The SMILES string of the molecule is Oc1oc(-c2ccccc2Br)nc1C=Nc1ccccc1. The van der Waals surface area contributed by atoms with Crippen LogP contribution in [0.15, 0.2) is 68.5 Å². The lowest BCUT2D eigenvalue weighted by Gasteiger charge is -1.97. The molecule has 3 rings (SSSR count). The van der Waals surface area contributed by atoms with Gasteiger partial charge in [-0.15, -0.1) is 0 Å². The summed E-state index contributed by atoms with van der Waals surface area (Å²) in [6.07, 6.45) is 1.48. The number of hydrogen-bond acceptors (Lipinski definition) is 4. The second kappa shape index (κ2) is 5.93. The van der Waals surface area contributed by atoms with E-state index in [-0.39, 0.29) is 5.95 Å². The fraction of sp³-hybridized carbons (Fsp3) is 0. The van der Waals surface area contributed by atoms with Crippen molar-refractivity contribution in [3.63, 3.8) is 0 Å². The van der Waals surface area contributed by atoms with Gasteiger partial charge in [-0.25, -0.2) is 4.98 Å². The number of hydrogen-bond donors (Lipinski definition) is 1. The van der Waals surface area contributed by atoms with Crippen LogP contribution in [0.5, 0.6) is 5.95 Å². The summed E-state index contributed by atoms with van der Waals surface area (Å²) < 4.78 is 6.14. The Kier molecular flexibility index (Phi) is 3.83. The lowest BCUT2D eigenvalue weighted by Crippen LogP contribution is -1.83. The van der Waals surface area contributed by atoms with Gasteiger partial charge in [0.15, 0.2) is 5.69 Å². The van der Waals surface area contributed by atoms with Crippen molar-refractivity contribution in [2.45, 2.75) is 0 Å². The maximum absolute atomic E-state index is 9.83. The molecule has 0 atom stereocenters. The van der Waals surface area contributed by atoms with E-state index in [2.05, 4.69) is 25.9 Å². The van der Waals surface area contributed by atoms with Crippen LogP contribution in [0, 0.1) is 0 Å². The molecule has 0 spiro atoms. The molecule has 1 heterocycles. The van der Waals surface area contributed by atoms with Crippen LogP contribution in [-0.2, 0) is 0 Å². The largest absolute Gasteiger partial charge is 0.479 e. The summed E-state index contributed by atoms with van der Waals surface area (Å²) in [7, 11) is 0. The monoisotopic (exact) mass is 342 g/mol. The second-order valence-electron chi connectivity index (χ2n) is 4.28. The van der Waals surface area contributed by atoms with Crippen LogP contribution in [0.3, 0.4) is 0 Å². The summed E-state index contributed by atoms with van der Waals surface area (Å²) in [6.45, 7) is 0. The van der Waals surface area contributed by atoms with Crippen molar-refractivity contribution in [3.8, 4) is 17.4 Å². The number of oxazole rings is 1. The number of aromatic nitrogens is 1. The van der Waals surface area contributed by atoms with E-state index in [9.17, 15) is 5.11 Å². The molecule has 0 aliphatic heterocycles. The lowest BCUT2D eigenvalue weighted by molar-refractivity contribution is 0.337. The third-order valence-electron chi connectivity index (χ3n) is 2.83. The zero-order valence-electron chi connectivity index (χ0n) is 10.9. The molecular weight excluding hydrogens is 332 g/mol. The predicted molar refractivity (Wildman–Crippen MR) is 85.0 cm³/mol. The second-order valence-corrected chi connectivity index (χ2v) is 5.14. The Labute approximate surface area is 129 Å². The highest BCUT2D eigenvalue weighted by atomic mass is 79.9. The van der Waals surface area contributed by atoms with Crippen molar-refractivity contribution in [1.29, 1.82) is 0 Å². The van der Waals surface area contributed by atoms with E-state index in [1.165, 1.54) is 6.21 Å². The number of nitrogens with zero attached hydrogens (tertiary/aromatic N) is 2. The van der Waals surface area contributed by atoms with Crippen LogP contribution < -0.4 is 0 Å². The molecule has 0 radical (unpaired) electrons. The van der Waals surface area contributed by atoms with Crippen molar-refractivity contribution in [1.82, 2.24) is 4.98 Å². The first-order chi connectivity index (χ1) is 10.2. The highest BCUT2D eigenvalue weighted by Crippen LogP contribution is 2.30. The number of benzene rings is 2. The third-order valence-corrected chi connectivity index (χ3v) is 3.52. The minimum Gasteiger partial charge on any atom is -0.479 e. The zero-order chi connectivity index (χ0) is 14.7. The Bertz CT molecular complexity index is 782. The topological polar surface area (TPSA) is 58.6 Å². The number of halogens is 1. The van der Waals surface area contributed by atoms with Gasteiger partial charge in [-0.3, -0.25) is 4.99 Å². The first-order valence-electron chi connectivity index (χ1n) is 6.28. The van der Waals surface area contributed by atoms with Crippen molar-refractivity contribution >= 4 is 27.8 Å². The molecule has 5 heteroatoms. The summed E-state index contributed by atoms with van der Waals surface area (Å²) in [5.74, 6) is 0.0925. The minimum absolute atomic E-state index is 0.250. The van der Waals surface area contributed by atoms with E-state index in [0.29, 0.717) is 11.6 Å². The molecule has 0 amide bonds.